The normalized spacial score (nSPS) is 12.9. The maximum atomic E-state index is 13.0. The first kappa shape index (κ1) is 24.4. The molecular formula is C25H19ClF3NO5. The van der Waals surface area contributed by atoms with Crippen LogP contribution in [0.15, 0.2) is 60.7 Å². The molecule has 0 fully saturated rings. The summed E-state index contributed by atoms with van der Waals surface area (Å²) in [4.78, 5) is 25.9. The summed E-state index contributed by atoms with van der Waals surface area (Å²) in [7, 11) is 1.31. The fraction of sp³-hybridized carbons (Fsp3) is 0.200. The van der Waals surface area contributed by atoms with Crippen molar-refractivity contribution in [3.8, 4) is 11.5 Å². The van der Waals surface area contributed by atoms with Crippen LogP contribution >= 0.6 is 11.6 Å². The zero-order chi connectivity index (χ0) is 25.2. The molecule has 3 aromatic carbocycles. The third-order valence-electron chi connectivity index (χ3n) is 5.40. The molecule has 10 heteroatoms. The van der Waals surface area contributed by atoms with E-state index in [-0.39, 0.29) is 37.2 Å². The minimum absolute atomic E-state index is 0.0873. The Balaban J connectivity index is 1.47. The monoisotopic (exact) mass is 505 g/mol. The molecule has 182 valence electrons. The van der Waals surface area contributed by atoms with E-state index in [1.54, 1.807) is 30.3 Å². The first-order valence-electron chi connectivity index (χ1n) is 10.4. The molecule has 1 amide bonds. The van der Waals surface area contributed by atoms with Crippen molar-refractivity contribution in [2.24, 2.45) is 0 Å². The minimum atomic E-state index is -4.79. The van der Waals surface area contributed by atoms with Gasteiger partial charge in [0.25, 0.3) is 5.91 Å². The average molecular weight is 506 g/mol. The summed E-state index contributed by atoms with van der Waals surface area (Å²) >= 11 is 6.30. The van der Waals surface area contributed by atoms with E-state index in [1.165, 1.54) is 24.1 Å². The number of amides is 1. The van der Waals surface area contributed by atoms with Gasteiger partial charge in [-0.3, -0.25) is 9.59 Å². The summed E-state index contributed by atoms with van der Waals surface area (Å²) in [6.07, 6.45) is -4.70. The fourth-order valence-corrected chi connectivity index (χ4v) is 3.99. The predicted octanol–water partition coefficient (Wildman–Crippen LogP) is 5.69. The number of esters is 1. The lowest BCUT2D eigenvalue weighted by atomic mass is 10.0. The number of nitrogens with zero attached hydrogens (tertiary/aromatic N) is 1. The zero-order valence-corrected chi connectivity index (χ0v) is 19.2. The molecule has 1 aliphatic heterocycles. The molecule has 0 spiro atoms. The van der Waals surface area contributed by atoms with Gasteiger partial charge in [0.1, 0.15) is 18.1 Å². The van der Waals surface area contributed by atoms with Crippen LogP contribution in [0.5, 0.6) is 11.5 Å². The Bertz CT molecular complexity index is 1260. The lowest BCUT2D eigenvalue weighted by Crippen LogP contribution is -2.23. The third-order valence-corrected chi connectivity index (χ3v) is 5.70. The Kier molecular flexibility index (Phi) is 6.88. The molecule has 35 heavy (non-hydrogen) atoms. The molecule has 1 heterocycles. The number of hydrogen-bond donors (Lipinski definition) is 0. The van der Waals surface area contributed by atoms with E-state index in [9.17, 15) is 22.8 Å². The Labute approximate surface area is 203 Å². The molecule has 1 aliphatic rings. The maximum absolute atomic E-state index is 13.0. The van der Waals surface area contributed by atoms with Crippen LogP contribution < -0.4 is 14.4 Å². The lowest BCUT2D eigenvalue weighted by molar-refractivity contribution is -0.274. The van der Waals surface area contributed by atoms with Gasteiger partial charge in [0.05, 0.1) is 25.1 Å². The van der Waals surface area contributed by atoms with Crippen molar-refractivity contribution in [1.82, 2.24) is 0 Å². The fourth-order valence-electron chi connectivity index (χ4n) is 3.73. The van der Waals surface area contributed by atoms with E-state index >= 15 is 0 Å². The molecular weight excluding hydrogens is 487 g/mol. The van der Waals surface area contributed by atoms with Crippen molar-refractivity contribution in [2.75, 3.05) is 12.0 Å². The van der Waals surface area contributed by atoms with E-state index in [0.29, 0.717) is 27.6 Å². The summed E-state index contributed by atoms with van der Waals surface area (Å²) in [6, 6.07) is 15.4. The van der Waals surface area contributed by atoms with Crippen molar-refractivity contribution in [3.63, 3.8) is 0 Å². The van der Waals surface area contributed by atoms with Gasteiger partial charge in [0.2, 0.25) is 0 Å². The summed E-state index contributed by atoms with van der Waals surface area (Å²) in [5.74, 6) is -0.601. The highest BCUT2D eigenvalue weighted by Crippen LogP contribution is 2.33. The summed E-state index contributed by atoms with van der Waals surface area (Å²) in [5, 5.41) is 0.331. The number of carbonyl (C=O) groups is 2. The lowest BCUT2D eigenvalue weighted by Gasteiger charge is -2.17. The van der Waals surface area contributed by atoms with Crippen molar-refractivity contribution in [1.29, 1.82) is 0 Å². The van der Waals surface area contributed by atoms with Crippen molar-refractivity contribution in [2.45, 2.75) is 25.9 Å². The highest BCUT2D eigenvalue weighted by molar-refractivity contribution is 6.32. The highest BCUT2D eigenvalue weighted by Gasteiger charge is 2.32. The van der Waals surface area contributed by atoms with E-state index < -0.39 is 6.36 Å². The van der Waals surface area contributed by atoms with Crippen LogP contribution in [0.25, 0.3) is 0 Å². The number of hydrogen-bond acceptors (Lipinski definition) is 5. The number of ether oxygens (including phenoxy) is 3. The Morgan fingerprint density at radius 3 is 2.49 bits per heavy atom. The molecule has 0 saturated carbocycles. The quantitative estimate of drug-likeness (QED) is 0.386. The number of methoxy groups -OCH3 is 1. The molecule has 0 atom stereocenters. The third kappa shape index (κ3) is 5.68. The number of fused-ring (bicyclic) bond motifs is 1. The molecule has 0 bridgehead atoms. The minimum Gasteiger partial charge on any atom is -0.487 e. The van der Waals surface area contributed by atoms with Gasteiger partial charge in [0.15, 0.2) is 0 Å². The molecule has 0 unspecified atom stereocenters. The number of carbonyl (C=O) groups excluding carboxylic acids is 2. The smallest absolute Gasteiger partial charge is 0.487 e. The Hall–Kier alpha value is -3.72. The topological polar surface area (TPSA) is 65.1 Å². The molecule has 0 aromatic heterocycles. The molecule has 0 aliphatic carbocycles. The largest absolute Gasteiger partial charge is 0.573 e. The summed E-state index contributed by atoms with van der Waals surface area (Å²) < 4.78 is 51.6. The molecule has 3 aromatic rings. The summed E-state index contributed by atoms with van der Waals surface area (Å²) in [6.45, 7) is 0.373. The van der Waals surface area contributed by atoms with Crippen molar-refractivity contribution < 1.29 is 37.0 Å². The van der Waals surface area contributed by atoms with Crippen LogP contribution in [-0.2, 0) is 29.1 Å². The van der Waals surface area contributed by atoms with Crippen LogP contribution in [0.2, 0.25) is 5.02 Å². The van der Waals surface area contributed by atoms with Gasteiger partial charge in [-0.05, 0) is 59.2 Å². The molecule has 6 nitrogen and oxygen atoms in total. The van der Waals surface area contributed by atoms with Gasteiger partial charge in [-0.25, -0.2) is 0 Å². The number of alkyl halides is 3. The van der Waals surface area contributed by atoms with Gasteiger partial charge >= 0.3 is 12.3 Å². The second-order valence-corrected chi connectivity index (χ2v) is 8.09. The van der Waals surface area contributed by atoms with Gasteiger partial charge < -0.3 is 19.1 Å². The molecule has 0 saturated heterocycles. The second-order valence-electron chi connectivity index (χ2n) is 7.68. The number of rotatable bonds is 7. The van der Waals surface area contributed by atoms with Crippen LogP contribution in [0, 0.1) is 0 Å². The standard InChI is InChI=1S/C25H19ClF3NO5/c1-33-23(31)12-15-5-10-22(21(26)11-15)34-14-16-3-2-4-19-20(16)13-30(24(19)32)17-6-8-18(9-7-17)35-25(27,28)29/h2-11H,12-14H2,1H3. The SMILES string of the molecule is COC(=O)Cc1ccc(OCc2cccc3c2CN(c2ccc(OC(F)(F)F)cc2)C3=O)c(Cl)c1. The molecule has 0 N–H and O–H groups in total. The predicted molar refractivity (Wildman–Crippen MR) is 122 cm³/mol. The van der Waals surface area contributed by atoms with E-state index in [0.717, 1.165) is 23.3 Å². The van der Waals surface area contributed by atoms with Gasteiger partial charge in [-0.15, -0.1) is 13.2 Å². The van der Waals surface area contributed by atoms with Crippen LogP contribution in [0.4, 0.5) is 18.9 Å². The summed E-state index contributed by atoms with van der Waals surface area (Å²) in [5.41, 5.74) is 3.14. The number of benzene rings is 3. The van der Waals surface area contributed by atoms with Gasteiger partial charge in [-0.1, -0.05) is 29.8 Å². The van der Waals surface area contributed by atoms with E-state index in [2.05, 4.69) is 9.47 Å². The molecule has 4 rings (SSSR count). The second kappa shape index (κ2) is 9.87. The maximum Gasteiger partial charge on any atom is 0.573 e. The Morgan fingerprint density at radius 2 is 1.83 bits per heavy atom. The highest BCUT2D eigenvalue weighted by atomic mass is 35.5. The molecule has 0 radical (unpaired) electrons. The van der Waals surface area contributed by atoms with Crippen molar-refractivity contribution in [3.05, 3.63) is 87.9 Å². The number of halogens is 4. The van der Waals surface area contributed by atoms with Crippen LogP contribution in [0.3, 0.4) is 0 Å². The first-order valence-corrected chi connectivity index (χ1v) is 10.8. The van der Waals surface area contributed by atoms with Crippen LogP contribution in [-0.4, -0.2) is 25.3 Å². The average Bonchev–Trinajstić information content (AvgIpc) is 3.15. The first-order chi connectivity index (χ1) is 16.6. The van der Waals surface area contributed by atoms with Gasteiger partial charge in [0, 0.05) is 11.3 Å². The van der Waals surface area contributed by atoms with Gasteiger partial charge in [-0.2, -0.15) is 0 Å². The van der Waals surface area contributed by atoms with Crippen LogP contribution in [0.1, 0.15) is 27.0 Å². The van der Waals surface area contributed by atoms with Crippen molar-refractivity contribution >= 4 is 29.2 Å². The Morgan fingerprint density at radius 1 is 1.09 bits per heavy atom. The van der Waals surface area contributed by atoms with E-state index in [1.807, 2.05) is 6.07 Å². The van der Waals surface area contributed by atoms with E-state index in [4.69, 9.17) is 16.3 Å². The number of anilines is 1. The zero-order valence-electron chi connectivity index (χ0n) is 18.4.